The highest BCUT2D eigenvalue weighted by atomic mass is 16.5. The van der Waals surface area contributed by atoms with Crippen LogP contribution < -0.4 is 9.47 Å². The first-order valence-corrected chi connectivity index (χ1v) is 8.26. The summed E-state index contributed by atoms with van der Waals surface area (Å²) in [5.41, 5.74) is 1.79. The zero-order valence-corrected chi connectivity index (χ0v) is 14.4. The number of benzene rings is 2. The molecule has 0 aliphatic rings. The number of aliphatic hydroxyl groups is 1. The smallest absolute Gasteiger partial charge is 0.161 e. The van der Waals surface area contributed by atoms with Crippen molar-refractivity contribution in [3.63, 3.8) is 0 Å². The Hall–Kier alpha value is -2.79. The van der Waals surface area contributed by atoms with Crippen LogP contribution in [0.1, 0.15) is 30.0 Å². The Morgan fingerprint density at radius 3 is 2.64 bits per heavy atom. The van der Waals surface area contributed by atoms with E-state index >= 15 is 0 Å². The number of rotatable bonds is 7. The summed E-state index contributed by atoms with van der Waals surface area (Å²) in [7, 11) is 1.59. The molecule has 3 rings (SSSR count). The van der Waals surface area contributed by atoms with Crippen LogP contribution in [0.15, 0.2) is 60.9 Å². The van der Waals surface area contributed by atoms with Crippen LogP contribution >= 0.6 is 0 Å². The predicted molar refractivity (Wildman–Crippen MR) is 95.7 cm³/mol. The monoisotopic (exact) mass is 338 g/mol. The summed E-state index contributed by atoms with van der Waals surface area (Å²) in [6.07, 6.45) is 2.73. The Labute approximate surface area is 147 Å². The van der Waals surface area contributed by atoms with Crippen molar-refractivity contribution in [1.82, 2.24) is 9.55 Å². The molecule has 0 aliphatic carbocycles. The van der Waals surface area contributed by atoms with Crippen molar-refractivity contribution in [2.24, 2.45) is 0 Å². The van der Waals surface area contributed by atoms with Gasteiger partial charge in [-0.15, -0.1) is 0 Å². The fourth-order valence-electron chi connectivity index (χ4n) is 2.69. The van der Waals surface area contributed by atoms with Crippen LogP contribution in [0.4, 0.5) is 0 Å². The van der Waals surface area contributed by atoms with Crippen molar-refractivity contribution >= 4 is 0 Å². The van der Waals surface area contributed by atoms with Crippen molar-refractivity contribution in [3.05, 3.63) is 77.9 Å². The predicted octanol–water partition coefficient (Wildman–Crippen LogP) is 3.57. The highest BCUT2D eigenvalue weighted by molar-refractivity contribution is 5.44. The van der Waals surface area contributed by atoms with Gasteiger partial charge in [0.05, 0.1) is 7.11 Å². The summed E-state index contributed by atoms with van der Waals surface area (Å²) in [5, 5.41) is 10.6. The third-order valence-corrected chi connectivity index (χ3v) is 4.07. The number of methoxy groups -OCH3 is 1. The number of imidazole rings is 1. The second kappa shape index (κ2) is 7.85. The van der Waals surface area contributed by atoms with Crippen LogP contribution in [0.2, 0.25) is 0 Å². The summed E-state index contributed by atoms with van der Waals surface area (Å²) in [6.45, 7) is 3.22. The van der Waals surface area contributed by atoms with Gasteiger partial charge in [0, 0.05) is 18.9 Å². The maximum Gasteiger partial charge on any atom is 0.161 e. The van der Waals surface area contributed by atoms with E-state index in [9.17, 15) is 5.11 Å². The summed E-state index contributed by atoms with van der Waals surface area (Å²) in [6, 6.07) is 15.4. The molecule has 1 N–H and O–H groups in total. The third kappa shape index (κ3) is 3.83. The van der Waals surface area contributed by atoms with Crippen molar-refractivity contribution in [3.8, 4) is 11.5 Å². The fourth-order valence-corrected chi connectivity index (χ4v) is 2.69. The summed E-state index contributed by atoms with van der Waals surface area (Å²) in [5.74, 6) is 1.84. The number of aromatic nitrogens is 2. The van der Waals surface area contributed by atoms with Gasteiger partial charge in [0.1, 0.15) is 18.5 Å². The molecule has 1 heterocycles. The minimum absolute atomic E-state index is 0.458. The summed E-state index contributed by atoms with van der Waals surface area (Å²) in [4.78, 5) is 4.26. The molecule has 0 saturated carbocycles. The van der Waals surface area contributed by atoms with Crippen molar-refractivity contribution in [1.29, 1.82) is 0 Å². The number of aliphatic hydroxyl groups excluding tert-OH is 1. The van der Waals surface area contributed by atoms with E-state index in [1.54, 1.807) is 19.4 Å². The van der Waals surface area contributed by atoms with Gasteiger partial charge in [-0.1, -0.05) is 36.4 Å². The summed E-state index contributed by atoms with van der Waals surface area (Å²) >= 11 is 0. The average Bonchev–Trinajstić information content (AvgIpc) is 3.15. The first-order chi connectivity index (χ1) is 12.2. The molecule has 0 spiro atoms. The zero-order chi connectivity index (χ0) is 17.6. The standard InChI is InChI=1S/C20H22N2O3/c1-3-22-12-11-21-20(22)19(23)16-9-10-17(18(13-16)24-2)25-14-15-7-5-4-6-8-15/h4-13,19,23H,3,14H2,1-2H3/t19-/m1/s1. The number of hydrogen-bond acceptors (Lipinski definition) is 4. The highest BCUT2D eigenvalue weighted by Crippen LogP contribution is 2.32. The SMILES string of the molecule is CCn1ccnc1[C@H](O)c1ccc(OCc2ccccc2)c(OC)c1. The molecule has 130 valence electrons. The highest BCUT2D eigenvalue weighted by Gasteiger charge is 2.18. The molecule has 0 amide bonds. The van der Waals surface area contributed by atoms with Gasteiger partial charge in [-0.05, 0) is 30.2 Å². The Bertz CT molecular complexity index is 815. The normalized spacial score (nSPS) is 12.0. The Morgan fingerprint density at radius 2 is 1.92 bits per heavy atom. The van der Waals surface area contributed by atoms with Gasteiger partial charge >= 0.3 is 0 Å². The van der Waals surface area contributed by atoms with Crippen molar-refractivity contribution < 1.29 is 14.6 Å². The maximum atomic E-state index is 10.6. The van der Waals surface area contributed by atoms with E-state index in [-0.39, 0.29) is 0 Å². The van der Waals surface area contributed by atoms with Gasteiger partial charge < -0.3 is 19.1 Å². The van der Waals surface area contributed by atoms with E-state index in [2.05, 4.69) is 4.98 Å². The lowest BCUT2D eigenvalue weighted by Crippen LogP contribution is -2.09. The zero-order valence-electron chi connectivity index (χ0n) is 14.4. The molecule has 0 unspecified atom stereocenters. The Kier molecular flexibility index (Phi) is 5.36. The molecular formula is C20H22N2O3. The van der Waals surface area contributed by atoms with Crippen LogP contribution in [-0.4, -0.2) is 21.8 Å². The van der Waals surface area contributed by atoms with Gasteiger partial charge in [0.25, 0.3) is 0 Å². The molecular weight excluding hydrogens is 316 g/mol. The molecule has 1 atom stereocenters. The molecule has 1 aromatic heterocycles. The molecule has 2 aromatic carbocycles. The molecule has 5 heteroatoms. The van der Waals surface area contributed by atoms with Crippen molar-refractivity contribution in [2.75, 3.05) is 7.11 Å². The van der Waals surface area contributed by atoms with Gasteiger partial charge in [-0.2, -0.15) is 0 Å². The molecule has 3 aromatic rings. The lowest BCUT2D eigenvalue weighted by atomic mass is 10.1. The van der Waals surface area contributed by atoms with Gasteiger partial charge in [0.15, 0.2) is 11.5 Å². The van der Waals surface area contributed by atoms with E-state index < -0.39 is 6.10 Å². The van der Waals surface area contributed by atoms with E-state index in [1.807, 2.05) is 60.2 Å². The van der Waals surface area contributed by atoms with E-state index in [4.69, 9.17) is 9.47 Å². The molecule has 5 nitrogen and oxygen atoms in total. The molecule has 0 aliphatic heterocycles. The minimum Gasteiger partial charge on any atom is -0.493 e. The second-order valence-electron chi connectivity index (χ2n) is 5.66. The third-order valence-electron chi connectivity index (χ3n) is 4.07. The lowest BCUT2D eigenvalue weighted by Gasteiger charge is -2.16. The molecule has 0 radical (unpaired) electrons. The number of aryl methyl sites for hydroxylation is 1. The Morgan fingerprint density at radius 1 is 1.12 bits per heavy atom. The maximum absolute atomic E-state index is 10.6. The fraction of sp³-hybridized carbons (Fsp3) is 0.250. The summed E-state index contributed by atoms with van der Waals surface area (Å²) < 4.78 is 13.2. The molecule has 25 heavy (non-hydrogen) atoms. The van der Waals surface area contributed by atoms with Crippen LogP contribution in [0.5, 0.6) is 11.5 Å². The lowest BCUT2D eigenvalue weighted by molar-refractivity contribution is 0.204. The van der Waals surface area contributed by atoms with Gasteiger partial charge in [-0.25, -0.2) is 4.98 Å². The van der Waals surface area contributed by atoms with E-state index in [0.717, 1.165) is 12.1 Å². The molecule has 0 bridgehead atoms. The van der Waals surface area contributed by atoms with E-state index in [1.165, 1.54) is 0 Å². The molecule has 0 fully saturated rings. The number of hydrogen-bond donors (Lipinski definition) is 1. The quantitative estimate of drug-likeness (QED) is 0.715. The van der Waals surface area contributed by atoms with Crippen LogP contribution in [0.25, 0.3) is 0 Å². The van der Waals surface area contributed by atoms with Gasteiger partial charge in [-0.3, -0.25) is 0 Å². The molecule has 0 saturated heterocycles. The van der Waals surface area contributed by atoms with Crippen LogP contribution in [0.3, 0.4) is 0 Å². The van der Waals surface area contributed by atoms with Crippen molar-refractivity contribution in [2.45, 2.75) is 26.2 Å². The Balaban J connectivity index is 1.79. The first-order valence-electron chi connectivity index (χ1n) is 8.26. The average molecular weight is 338 g/mol. The topological polar surface area (TPSA) is 56.5 Å². The first kappa shape index (κ1) is 17.0. The van der Waals surface area contributed by atoms with Crippen LogP contribution in [0, 0.1) is 0 Å². The van der Waals surface area contributed by atoms with E-state index in [0.29, 0.717) is 29.5 Å². The second-order valence-corrected chi connectivity index (χ2v) is 5.66. The van der Waals surface area contributed by atoms with Crippen LogP contribution in [-0.2, 0) is 13.2 Å². The number of nitrogens with zero attached hydrogens (tertiary/aromatic N) is 2. The number of ether oxygens (including phenoxy) is 2. The minimum atomic E-state index is -0.813. The largest absolute Gasteiger partial charge is 0.493 e. The van der Waals surface area contributed by atoms with Gasteiger partial charge in [0.2, 0.25) is 0 Å².